The van der Waals surface area contributed by atoms with Crippen LogP contribution in [0.3, 0.4) is 0 Å². The van der Waals surface area contributed by atoms with Crippen molar-refractivity contribution < 1.29 is 9.53 Å². The third kappa shape index (κ3) is 2.77. The molecule has 1 heterocycles. The van der Waals surface area contributed by atoms with E-state index in [1.807, 2.05) is 6.92 Å². The van der Waals surface area contributed by atoms with Gasteiger partial charge in [0.2, 0.25) is 0 Å². The van der Waals surface area contributed by atoms with Crippen molar-refractivity contribution in [2.75, 3.05) is 11.9 Å². The van der Waals surface area contributed by atoms with Crippen molar-refractivity contribution in [2.45, 2.75) is 6.92 Å². The molecule has 1 aromatic carbocycles. The highest BCUT2D eigenvalue weighted by atomic mass is 16.5. The minimum absolute atomic E-state index is 0.136. The highest BCUT2D eigenvalue weighted by Crippen LogP contribution is 2.13. The van der Waals surface area contributed by atoms with Gasteiger partial charge in [0.1, 0.15) is 5.75 Å². The molecule has 0 aliphatic rings. The van der Waals surface area contributed by atoms with E-state index in [9.17, 15) is 4.79 Å². The zero-order valence-corrected chi connectivity index (χ0v) is 9.17. The zero-order valence-electron chi connectivity index (χ0n) is 9.17. The molecule has 2 aromatic rings. The summed E-state index contributed by atoms with van der Waals surface area (Å²) in [5.74, 6) is 0.470. The van der Waals surface area contributed by atoms with Crippen LogP contribution in [0.4, 0.5) is 5.95 Å². The standard InChI is InChI=1S/C10H11N5O2/c1-2-17-8-5-3-4-7(6-8)9(16)11-10-12-14-15-13-10/h3-6H,2H2,1H3,(H2,11,12,13,14,15,16). The van der Waals surface area contributed by atoms with Crippen molar-refractivity contribution >= 4 is 11.9 Å². The number of carbonyl (C=O) groups excluding carboxylic acids is 1. The van der Waals surface area contributed by atoms with Gasteiger partial charge in [-0.05, 0) is 30.3 Å². The summed E-state index contributed by atoms with van der Waals surface area (Å²) >= 11 is 0. The van der Waals surface area contributed by atoms with Gasteiger partial charge in [-0.2, -0.15) is 5.21 Å². The Morgan fingerprint density at radius 3 is 3.12 bits per heavy atom. The lowest BCUT2D eigenvalue weighted by atomic mass is 10.2. The first kappa shape index (κ1) is 11.1. The number of hydrogen-bond acceptors (Lipinski definition) is 5. The Labute approximate surface area is 97.2 Å². The van der Waals surface area contributed by atoms with E-state index in [1.54, 1.807) is 24.3 Å². The van der Waals surface area contributed by atoms with Crippen molar-refractivity contribution in [3.8, 4) is 5.75 Å². The predicted molar refractivity (Wildman–Crippen MR) is 59.7 cm³/mol. The highest BCUT2D eigenvalue weighted by molar-refractivity contribution is 6.03. The number of nitrogens with zero attached hydrogens (tertiary/aromatic N) is 3. The maximum Gasteiger partial charge on any atom is 0.270 e. The molecule has 0 aliphatic carbocycles. The third-order valence-corrected chi connectivity index (χ3v) is 1.98. The van der Waals surface area contributed by atoms with Gasteiger partial charge >= 0.3 is 0 Å². The number of carbonyl (C=O) groups is 1. The fraction of sp³-hybridized carbons (Fsp3) is 0.200. The van der Waals surface area contributed by atoms with Crippen molar-refractivity contribution in [3.63, 3.8) is 0 Å². The Bertz CT molecular complexity index is 497. The molecule has 0 saturated heterocycles. The average Bonchev–Trinajstić information content (AvgIpc) is 2.83. The van der Waals surface area contributed by atoms with E-state index >= 15 is 0 Å². The summed E-state index contributed by atoms with van der Waals surface area (Å²) in [7, 11) is 0. The monoisotopic (exact) mass is 233 g/mol. The van der Waals surface area contributed by atoms with Crippen molar-refractivity contribution in [1.29, 1.82) is 0 Å². The first-order valence-corrected chi connectivity index (χ1v) is 5.07. The van der Waals surface area contributed by atoms with Crippen LogP contribution >= 0.6 is 0 Å². The summed E-state index contributed by atoms with van der Waals surface area (Å²) in [5, 5.41) is 15.3. The molecule has 88 valence electrons. The lowest BCUT2D eigenvalue weighted by Gasteiger charge is -2.05. The van der Waals surface area contributed by atoms with Crippen LogP contribution in [0.5, 0.6) is 5.75 Å². The Morgan fingerprint density at radius 2 is 2.41 bits per heavy atom. The summed E-state index contributed by atoms with van der Waals surface area (Å²) in [6.45, 7) is 2.43. The molecule has 1 amide bonds. The normalized spacial score (nSPS) is 9.94. The Morgan fingerprint density at radius 1 is 1.53 bits per heavy atom. The smallest absolute Gasteiger partial charge is 0.270 e. The summed E-state index contributed by atoms with van der Waals surface area (Å²) in [6, 6.07) is 6.86. The van der Waals surface area contributed by atoms with Crippen LogP contribution in [-0.2, 0) is 0 Å². The number of aromatic amines is 1. The van der Waals surface area contributed by atoms with E-state index in [0.29, 0.717) is 17.9 Å². The molecule has 0 fully saturated rings. The minimum atomic E-state index is -0.312. The summed E-state index contributed by atoms with van der Waals surface area (Å²) in [4.78, 5) is 11.8. The number of aromatic nitrogens is 4. The van der Waals surface area contributed by atoms with Crippen LogP contribution in [-0.4, -0.2) is 33.1 Å². The van der Waals surface area contributed by atoms with Gasteiger partial charge < -0.3 is 4.74 Å². The number of amides is 1. The topological polar surface area (TPSA) is 92.8 Å². The number of H-pyrrole nitrogens is 1. The highest BCUT2D eigenvalue weighted by Gasteiger charge is 2.09. The van der Waals surface area contributed by atoms with Gasteiger partial charge in [0.15, 0.2) is 0 Å². The molecule has 2 rings (SSSR count). The summed E-state index contributed by atoms with van der Waals surface area (Å²) in [6.07, 6.45) is 0. The third-order valence-electron chi connectivity index (χ3n) is 1.98. The molecule has 7 nitrogen and oxygen atoms in total. The van der Waals surface area contributed by atoms with Gasteiger partial charge in [-0.3, -0.25) is 10.1 Å². The first-order valence-electron chi connectivity index (χ1n) is 5.07. The van der Waals surface area contributed by atoms with Gasteiger partial charge in [0.25, 0.3) is 11.9 Å². The summed E-state index contributed by atoms with van der Waals surface area (Å²) in [5.41, 5.74) is 0.473. The number of ether oxygens (including phenoxy) is 1. The van der Waals surface area contributed by atoms with Crippen LogP contribution in [0.25, 0.3) is 0 Å². The van der Waals surface area contributed by atoms with Crippen molar-refractivity contribution in [1.82, 2.24) is 20.6 Å². The SMILES string of the molecule is CCOc1cccc(C(=O)Nc2nn[nH]n2)c1. The number of rotatable bonds is 4. The van der Waals surface area contributed by atoms with Gasteiger partial charge in [-0.25, -0.2) is 0 Å². The second kappa shape index (κ2) is 5.06. The summed E-state index contributed by atoms with van der Waals surface area (Å²) < 4.78 is 5.30. The van der Waals surface area contributed by atoms with E-state index in [2.05, 4.69) is 25.9 Å². The molecule has 2 N–H and O–H groups in total. The van der Waals surface area contributed by atoms with Crippen LogP contribution in [0.2, 0.25) is 0 Å². The molecule has 7 heteroatoms. The predicted octanol–water partition coefficient (Wildman–Crippen LogP) is 0.851. The maximum absolute atomic E-state index is 11.8. The van der Waals surface area contributed by atoms with Gasteiger partial charge in [-0.15, -0.1) is 5.10 Å². The molecule has 0 bridgehead atoms. The molecule has 0 unspecified atom stereocenters. The molecule has 0 radical (unpaired) electrons. The number of anilines is 1. The average molecular weight is 233 g/mol. The maximum atomic E-state index is 11.8. The van der Waals surface area contributed by atoms with E-state index in [0.717, 1.165) is 0 Å². The molecule has 0 spiro atoms. The van der Waals surface area contributed by atoms with Gasteiger partial charge in [0.05, 0.1) is 6.61 Å². The molecule has 17 heavy (non-hydrogen) atoms. The first-order chi connectivity index (χ1) is 8.29. The van der Waals surface area contributed by atoms with Crippen molar-refractivity contribution in [3.05, 3.63) is 29.8 Å². The van der Waals surface area contributed by atoms with Crippen LogP contribution in [0, 0.1) is 0 Å². The van der Waals surface area contributed by atoms with E-state index < -0.39 is 0 Å². The molecular formula is C10H11N5O2. The van der Waals surface area contributed by atoms with Crippen LogP contribution < -0.4 is 10.1 Å². The lowest BCUT2D eigenvalue weighted by Crippen LogP contribution is -2.13. The van der Waals surface area contributed by atoms with Crippen LogP contribution in [0.1, 0.15) is 17.3 Å². The quantitative estimate of drug-likeness (QED) is 0.816. The molecule has 0 aliphatic heterocycles. The fourth-order valence-corrected chi connectivity index (χ4v) is 1.28. The second-order valence-corrected chi connectivity index (χ2v) is 3.15. The van der Waals surface area contributed by atoms with Crippen molar-refractivity contribution in [2.24, 2.45) is 0 Å². The number of tetrazole rings is 1. The van der Waals surface area contributed by atoms with E-state index in [1.165, 1.54) is 0 Å². The lowest BCUT2D eigenvalue weighted by molar-refractivity contribution is 0.102. The number of nitrogens with one attached hydrogen (secondary N) is 2. The number of hydrogen-bond donors (Lipinski definition) is 2. The molecule has 1 aromatic heterocycles. The zero-order chi connectivity index (χ0) is 12.1. The molecule has 0 atom stereocenters. The fourth-order valence-electron chi connectivity index (χ4n) is 1.28. The molecular weight excluding hydrogens is 222 g/mol. The Balaban J connectivity index is 2.11. The minimum Gasteiger partial charge on any atom is -0.494 e. The largest absolute Gasteiger partial charge is 0.494 e. The van der Waals surface area contributed by atoms with Gasteiger partial charge in [-0.1, -0.05) is 11.2 Å². The molecule has 0 saturated carbocycles. The van der Waals surface area contributed by atoms with E-state index in [-0.39, 0.29) is 11.9 Å². The second-order valence-electron chi connectivity index (χ2n) is 3.15. The van der Waals surface area contributed by atoms with Gasteiger partial charge in [0, 0.05) is 5.56 Å². The number of benzene rings is 1. The van der Waals surface area contributed by atoms with E-state index in [4.69, 9.17) is 4.74 Å². The Hall–Kier alpha value is -2.44. The van der Waals surface area contributed by atoms with Crippen LogP contribution in [0.15, 0.2) is 24.3 Å². The Kier molecular flexibility index (Phi) is 3.29.